The van der Waals surface area contributed by atoms with E-state index in [2.05, 4.69) is 9.97 Å². The molecule has 2 aromatic carbocycles. The minimum atomic E-state index is -0.0305. The van der Waals surface area contributed by atoms with Gasteiger partial charge in [0.05, 0.1) is 22.4 Å². The predicted molar refractivity (Wildman–Crippen MR) is 102 cm³/mol. The maximum absolute atomic E-state index is 13.0. The molecule has 0 aliphatic carbocycles. The molecule has 3 aromatic rings. The minimum absolute atomic E-state index is 0.0305. The Balaban J connectivity index is 1.59. The van der Waals surface area contributed by atoms with Crippen molar-refractivity contribution in [2.24, 2.45) is 0 Å². The van der Waals surface area contributed by atoms with Crippen molar-refractivity contribution in [3.8, 4) is 11.5 Å². The van der Waals surface area contributed by atoms with Gasteiger partial charge in [-0.1, -0.05) is 6.07 Å². The molecule has 6 nitrogen and oxygen atoms in total. The summed E-state index contributed by atoms with van der Waals surface area (Å²) in [7, 11) is 0. The van der Waals surface area contributed by atoms with Gasteiger partial charge in [-0.2, -0.15) is 0 Å². The Kier molecular flexibility index (Phi) is 4.39. The highest BCUT2D eigenvalue weighted by molar-refractivity contribution is 5.97. The van der Waals surface area contributed by atoms with Crippen LogP contribution in [0.4, 0.5) is 0 Å². The number of rotatable bonds is 4. The van der Waals surface area contributed by atoms with E-state index in [4.69, 9.17) is 9.47 Å². The summed E-state index contributed by atoms with van der Waals surface area (Å²) >= 11 is 0. The van der Waals surface area contributed by atoms with E-state index < -0.39 is 0 Å². The van der Waals surface area contributed by atoms with Crippen molar-refractivity contribution in [3.63, 3.8) is 0 Å². The molecule has 4 rings (SSSR count). The summed E-state index contributed by atoms with van der Waals surface area (Å²) in [6, 6.07) is 11.3. The van der Waals surface area contributed by atoms with Crippen LogP contribution in [0.3, 0.4) is 0 Å². The van der Waals surface area contributed by atoms with Gasteiger partial charge in [0.2, 0.25) is 6.79 Å². The Morgan fingerprint density at radius 1 is 1.00 bits per heavy atom. The van der Waals surface area contributed by atoms with Gasteiger partial charge in [-0.15, -0.1) is 0 Å². The number of nitrogens with zero attached hydrogens (tertiary/aromatic N) is 3. The van der Waals surface area contributed by atoms with E-state index in [1.165, 1.54) is 0 Å². The molecule has 0 fully saturated rings. The van der Waals surface area contributed by atoms with Gasteiger partial charge in [0.25, 0.3) is 5.91 Å². The lowest BCUT2D eigenvalue weighted by molar-refractivity contribution is 0.0752. The third-order valence-electron chi connectivity index (χ3n) is 4.80. The lowest BCUT2D eigenvalue weighted by Gasteiger charge is -2.21. The number of fused-ring (bicyclic) bond motifs is 2. The number of ether oxygens (including phenoxy) is 2. The summed E-state index contributed by atoms with van der Waals surface area (Å²) in [5.41, 5.74) is 4.93. The molecule has 0 radical (unpaired) electrons. The molecule has 0 bridgehead atoms. The Bertz CT molecular complexity index is 1030. The third-order valence-corrected chi connectivity index (χ3v) is 4.80. The molecule has 0 saturated carbocycles. The number of aromatic nitrogens is 2. The average Bonchev–Trinajstić information content (AvgIpc) is 3.14. The van der Waals surface area contributed by atoms with Gasteiger partial charge >= 0.3 is 0 Å². The number of amides is 1. The molecule has 0 saturated heterocycles. The first-order valence-corrected chi connectivity index (χ1v) is 8.98. The van der Waals surface area contributed by atoms with Gasteiger partial charge in [-0.05, 0) is 56.7 Å². The number of carbonyl (C=O) groups excluding carboxylic acids is 1. The molecule has 0 N–H and O–H groups in total. The van der Waals surface area contributed by atoms with Crippen LogP contribution >= 0.6 is 0 Å². The fourth-order valence-corrected chi connectivity index (χ4v) is 3.13. The Labute approximate surface area is 157 Å². The van der Waals surface area contributed by atoms with Gasteiger partial charge < -0.3 is 14.4 Å². The second-order valence-electron chi connectivity index (χ2n) is 6.60. The Morgan fingerprint density at radius 3 is 2.52 bits per heavy atom. The normalized spacial score (nSPS) is 12.4. The monoisotopic (exact) mass is 363 g/mol. The van der Waals surface area contributed by atoms with E-state index in [9.17, 15) is 4.79 Å². The van der Waals surface area contributed by atoms with Crippen molar-refractivity contribution >= 4 is 16.9 Å². The lowest BCUT2D eigenvalue weighted by Crippen LogP contribution is -2.30. The number of hydrogen-bond acceptors (Lipinski definition) is 5. The van der Waals surface area contributed by atoms with E-state index >= 15 is 0 Å². The molecule has 0 unspecified atom stereocenters. The average molecular weight is 363 g/mol. The number of carbonyl (C=O) groups is 1. The van der Waals surface area contributed by atoms with E-state index in [-0.39, 0.29) is 12.7 Å². The molecule has 1 aliphatic heterocycles. The summed E-state index contributed by atoms with van der Waals surface area (Å²) in [5.74, 6) is 1.44. The van der Waals surface area contributed by atoms with Crippen LogP contribution in [-0.2, 0) is 6.54 Å². The molecule has 1 aromatic heterocycles. The number of aryl methyl sites for hydroxylation is 2. The standard InChI is InChI=1S/C21H21N3O3/c1-4-24(11-15-5-8-19-20(9-15)27-12-26-19)21(25)16-6-7-17-18(10-16)23-14(3)13(2)22-17/h5-10H,4,11-12H2,1-3H3. The largest absolute Gasteiger partial charge is 0.454 e. The highest BCUT2D eigenvalue weighted by Crippen LogP contribution is 2.33. The van der Waals surface area contributed by atoms with Gasteiger partial charge in [-0.25, -0.2) is 9.97 Å². The Morgan fingerprint density at radius 2 is 1.74 bits per heavy atom. The number of benzene rings is 2. The van der Waals surface area contributed by atoms with Crippen LogP contribution in [0, 0.1) is 13.8 Å². The van der Waals surface area contributed by atoms with Gasteiger partial charge in [0.1, 0.15) is 0 Å². The molecular weight excluding hydrogens is 342 g/mol. The molecule has 0 spiro atoms. The van der Waals surface area contributed by atoms with Crippen LogP contribution in [-0.4, -0.2) is 34.1 Å². The lowest BCUT2D eigenvalue weighted by atomic mass is 10.1. The van der Waals surface area contributed by atoms with Crippen LogP contribution in [0.15, 0.2) is 36.4 Å². The second-order valence-corrected chi connectivity index (χ2v) is 6.60. The van der Waals surface area contributed by atoms with Crippen molar-refractivity contribution in [2.45, 2.75) is 27.3 Å². The van der Waals surface area contributed by atoms with E-state index in [1.807, 2.05) is 57.2 Å². The van der Waals surface area contributed by atoms with Crippen molar-refractivity contribution in [2.75, 3.05) is 13.3 Å². The van der Waals surface area contributed by atoms with Crippen molar-refractivity contribution in [1.29, 1.82) is 0 Å². The summed E-state index contributed by atoms with van der Waals surface area (Å²) < 4.78 is 10.8. The zero-order valence-corrected chi connectivity index (χ0v) is 15.7. The van der Waals surface area contributed by atoms with E-state index in [0.717, 1.165) is 39.5 Å². The third kappa shape index (κ3) is 3.30. The molecule has 1 amide bonds. The molecule has 27 heavy (non-hydrogen) atoms. The molecule has 138 valence electrons. The van der Waals surface area contributed by atoms with Crippen molar-refractivity contribution < 1.29 is 14.3 Å². The summed E-state index contributed by atoms with van der Waals surface area (Å²) in [5, 5.41) is 0. The molecule has 6 heteroatoms. The first kappa shape index (κ1) is 17.3. The van der Waals surface area contributed by atoms with Gasteiger partial charge in [0.15, 0.2) is 11.5 Å². The summed E-state index contributed by atoms with van der Waals surface area (Å²) in [4.78, 5) is 23.9. The number of hydrogen-bond donors (Lipinski definition) is 0. The quantitative estimate of drug-likeness (QED) is 0.708. The molecular formula is C21H21N3O3. The highest BCUT2D eigenvalue weighted by atomic mass is 16.7. The smallest absolute Gasteiger partial charge is 0.254 e. The first-order valence-electron chi connectivity index (χ1n) is 8.98. The molecule has 2 heterocycles. The Hall–Kier alpha value is -3.15. The van der Waals surface area contributed by atoms with Crippen LogP contribution < -0.4 is 9.47 Å². The minimum Gasteiger partial charge on any atom is -0.454 e. The van der Waals surface area contributed by atoms with E-state index in [0.29, 0.717) is 18.7 Å². The zero-order chi connectivity index (χ0) is 19.0. The van der Waals surface area contributed by atoms with Crippen molar-refractivity contribution in [3.05, 3.63) is 58.9 Å². The molecule has 1 aliphatic rings. The predicted octanol–water partition coefficient (Wildman–Crippen LogP) is 3.64. The fraction of sp³-hybridized carbons (Fsp3) is 0.286. The maximum atomic E-state index is 13.0. The van der Waals surface area contributed by atoms with Gasteiger partial charge in [-0.3, -0.25) is 4.79 Å². The second kappa shape index (κ2) is 6.87. The fourth-order valence-electron chi connectivity index (χ4n) is 3.13. The summed E-state index contributed by atoms with van der Waals surface area (Å²) in [6.45, 7) is 7.18. The maximum Gasteiger partial charge on any atom is 0.254 e. The van der Waals surface area contributed by atoms with Crippen LogP contribution in [0.1, 0.15) is 34.2 Å². The van der Waals surface area contributed by atoms with Crippen LogP contribution in [0.5, 0.6) is 11.5 Å². The first-order chi connectivity index (χ1) is 13.0. The van der Waals surface area contributed by atoms with Gasteiger partial charge in [0, 0.05) is 18.7 Å². The van der Waals surface area contributed by atoms with Crippen molar-refractivity contribution in [1.82, 2.24) is 14.9 Å². The SMILES string of the molecule is CCN(Cc1ccc2c(c1)OCO2)C(=O)c1ccc2nc(C)c(C)nc2c1. The molecule has 0 atom stereocenters. The summed E-state index contributed by atoms with van der Waals surface area (Å²) in [6.07, 6.45) is 0. The highest BCUT2D eigenvalue weighted by Gasteiger charge is 2.18. The van der Waals surface area contributed by atoms with E-state index in [1.54, 1.807) is 4.90 Å². The zero-order valence-electron chi connectivity index (χ0n) is 15.7. The van der Waals surface area contributed by atoms with Crippen LogP contribution in [0.2, 0.25) is 0 Å². The van der Waals surface area contributed by atoms with Crippen LogP contribution in [0.25, 0.3) is 11.0 Å². The topological polar surface area (TPSA) is 64.6 Å².